The van der Waals surface area contributed by atoms with Gasteiger partial charge < -0.3 is 4.74 Å². The van der Waals surface area contributed by atoms with Crippen LogP contribution in [0.15, 0.2) is 23.1 Å². The highest BCUT2D eigenvalue weighted by atomic mass is 35.5. The van der Waals surface area contributed by atoms with E-state index >= 15 is 0 Å². The summed E-state index contributed by atoms with van der Waals surface area (Å²) in [6, 6.07) is 5.47. The quantitative estimate of drug-likeness (QED) is 0.856. The van der Waals surface area contributed by atoms with Crippen LogP contribution >= 0.6 is 11.6 Å². The molecule has 0 unspecified atom stereocenters. The summed E-state index contributed by atoms with van der Waals surface area (Å²) >= 11 is 5.79. The van der Waals surface area contributed by atoms with Crippen molar-refractivity contribution in [3.05, 3.63) is 28.8 Å². The van der Waals surface area contributed by atoms with Gasteiger partial charge in [-0.1, -0.05) is 18.5 Å². The highest BCUT2D eigenvalue weighted by Gasteiger charge is 2.22. The maximum Gasteiger partial charge on any atom is 0.264 e. The molecular weight excluding hydrogens is 316 g/mol. The molecule has 114 valence electrons. The van der Waals surface area contributed by atoms with E-state index in [1.807, 2.05) is 10.8 Å². The summed E-state index contributed by atoms with van der Waals surface area (Å²) in [5, 5.41) is 8.76. The minimum Gasteiger partial charge on any atom is -0.385 e. The second kappa shape index (κ2) is 7.41. The van der Waals surface area contributed by atoms with E-state index in [0.29, 0.717) is 13.0 Å². The van der Waals surface area contributed by atoms with Crippen LogP contribution in [0, 0.1) is 17.2 Å². The molecule has 1 aromatic carbocycles. The SMILES string of the molecule is COCC[C@@H](C)C(=O)NS(=O)(=O)c1ccc(C#N)c(Cl)c1. The fourth-order valence-electron chi connectivity index (χ4n) is 1.47. The minimum atomic E-state index is -4.01. The predicted octanol–water partition coefficient (Wildman–Crippen LogP) is 1.69. The van der Waals surface area contributed by atoms with Gasteiger partial charge in [0.05, 0.1) is 15.5 Å². The number of hydrogen-bond donors (Lipinski definition) is 1. The molecule has 0 fully saturated rings. The lowest BCUT2D eigenvalue weighted by Crippen LogP contribution is -2.35. The van der Waals surface area contributed by atoms with Crippen molar-refractivity contribution in [1.29, 1.82) is 5.26 Å². The van der Waals surface area contributed by atoms with E-state index in [4.69, 9.17) is 21.6 Å². The van der Waals surface area contributed by atoms with Gasteiger partial charge in [0.15, 0.2) is 0 Å². The van der Waals surface area contributed by atoms with E-state index in [0.717, 1.165) is 6.07 Å². The molecule has 21 heavy (non-hydrogen) atoms. The molecule has 0 aliphatic heterocycles. The van der Waals surface area contributed by atoms with Crippen molar-refractivity contribution in [2.24, 2.45) is 5.92 Å². The molecule has 0 spiro atoms. The Morgan fingerprint density at radius 2 is 2.19 bits per heavy atom. The largest absolute Gasteiger partial charge is 0.385 e. The first kappa shape index (κ1) is 17.4. The van der Waals surface area contributed by atoms with Crippen molar-refractivity contribution in [2.45, 2.75) is 18.2 Å². The van der Waals surface area contributed by atoms with Gasteiger partial charge in [0.25, 0.3) is 10.0 Å². The van der Waals surface area contributed by atoms with Crippen LogP contribution in [0.2, 0.25) is 5.02 Å². The number of halogens is 1. The first-order valence-electron chi connectivity index (χ1n) is 6.07. The van der Waals surface area contributed by atoms with Gasteiger partial charge in [0.1, 0.15) is 6.07 Å². The van der Waals surface area contributed by atoms with E-state index in [-0.39, 0.29) is 15.5 Å². The number of hydrogen-bond acceptors (Lipinski definition) is 5. The van der Waals surface area contributed by atoms with E-state index in [9.17, 15) is 13.2 Å². The van der Waals surface area contributed by atoms with Gasteiger partial charge >= 0.3 is 0 Å². The number of carbonyl (C=O) groups is 1. The second-order valence-corrected chi connectivity index (χ2v) is 6.50. The van der Waals surface area contributed by atoms with Gasteiger partial charge in [-0.15, -0.1) is 0 Å². The maximum atomic E-state index is 12.1. The number of rotatable bonds is 6. The molecule has 0 saturated carbocycles. The summed E-state index contributed by atoms with van der Waals surface area (Å²) in [4.78, 5) is 11.6. The van der Waals surface area contributed by atoms with Gasteiger partial charge in [0, 0.05) is 19.6 Å². The average molecular weight is 331 g/mol. The lowest BCUT2D eigenvalue weighted by atomic mass is 10.1. The molecule has 1 rings (SSSR count). The van der Waals surface area contributed by atoms with Crippen LogP contribution in [0.3, 0.4) is 0 Å². The van der Waals surface area contributed by atoms with Crippen LogP contribution in [0.5, 0.6) is 0 Å². The van der Waals surface area contributed by atoms with Crippen LogP contribution in [-0.4, -0.2) is 28.0 Å². The minimum absolute atomic E-state index is 0.0141. The molecule has 1 aromatic rings. The van der Waals surface area contributed by atoms with Gasteiger partial charge in [-0.05, 0) is 24.6 Å². The van der Waals surface area contributed by atoms with Crippen LogP contribution in [0.25, 0.3) is 0 Å². The van der Waals surface area contributed by atoms with Crippen molar-refractivity contribution >= 4 is 27.5 Å². The standard InChI is InChI=1S/C13H15ClN2O4S/c1-9(5-6-20-2)13(17)16-21(18,19)11-4-3-10(8-15)12(14)7-11/h3-4,7,9H,5-6H2,1-2H3,(H,16,17)/t9-/m1/s1. The summed E-state index contributed by atoms with van der Waals surface area (Å²) in [7, 11) is -2.51. The van der Waals surface area contributed by atoms with Crippen molar-refractivity contribution in [3.8, 4) is 6.07 Å². The molecule has 0 saturated heterocycles. The van der Waals surface area contributed by atoms with Crippen LogP contribution < -0.4 is 4.72 Å². The number of carbonyl (C=O) groups excluding carboxylic acids is 1. The van der Waals surface area contributed by atoms with Crippen molar-refractivity contribution in [3.63, 3.8) is 0 Å². The Balaban J connectivity index is 2.89. The third kappa shape index (κ3) is 4.70. The van der Waals surface area contributed by atoms with Crippen molar-refractivity contribution in [1.82, 2.24) is 4.72 Å². The molecule has 0 aliphatic rings. The lowest BCUT2D eigenvalue weighted by molar-refractivity contribution is -0.123. The van der Waals surface area contributed by atoms with E-state index < -0.39 is 21.8 Å². The van der Waals surface area contributed by atoms with Crippen LogP contribution in [-0.2, 0) is 19.6 Å². The molecule has 1 atom stereocenters. The number of nitriles is 1. The van der Waals surface area contributed by atoms with E-state index in [1.165, 1.54) is 19.2 Å². The summed E-state index contributed by atoms with van der Waals surface area (Å²) in [5.74, 6) is -1.12. The number of nitrogens with one attached hydrogen (secondary N) is 1. The van der Waals surface area contributed by atoms with Crippen LogP contribution in [0.1, 0.15) is 18.9 Å². The second-order valence-electron chi connectivity index (χ2n) is 4.41. The Kier molecular flexibility index (Phi) is 6.15. The zero-order valence-electron chi connectivity index (χ0n) is 11.6. The molecule has 1 N–H and O–H groups in total. The topological polar surface area (TPSA) is 96.3 Å². The van der Waals surface area contributed by atoms with Gasteiger partial charge in [0.2, 0.25) is 5.91 Å². The van der Waals surface area contributed by atoms with Crippen molar-refractivity contribution < 1.29 is 17.9 Å². The number of ether oxygens (including phenoxy) is 1. The average Bonchev–Trinajstić information content (AvgIpc) is 2.44. The van der Waals surface area contributed by atoms with Crippen molar-refractivity contribution in [2.75, 3.05) is 13.7 Å². The first-order valence-corrected chi connectivity index (χ1v) is 7.93. The highest BCUT2D eigenvalue weighted by molar-refractivity contribution is 7.90. The summed E-state index contributed by atoms with van der Waals surface area (Å²) in [5.41, 5.74) is 0.162. The summed E-state index contributed by atoms with van der Waals surface area (Å²) in [6.45, 7) is 1.97. The van der Waals surface area contributed by atoms with Crippen LogP contribution in [0.4, 0.5) is 0 Å². The highest BCUT2D eigenvalue weighted by Crippen LogP contribution is 2.20. The molecule has 0 aromatic heterocycles. The number of nitrogens with zero attached hydrogens (tertiary/aromatic N) is 1. The molecule has 8 heteroatoms. The first-order chi connectivity index (χ1) is 9.81. The smallest absolute Gasteiger partial charge is 0.264 e. The summed E-state index contributed by atoms with van der Waals surface area (Å²) in [6.07, 6.45) is 0.409. The fraction of sp³-hybridized carbons (Fsp3) is 0.385. The zero-order chi connectivity index (χ0) is 16.0. The maximum absolute atomic E-state index is 12.1. The molecule has 1 amide bonds. The zero-order valence-corrected chi connectivity index (χ0v) is 13.2. The Labute approximate surface area is 128 Å². The molecular formula is C13H15ClN2O4S. The Bertz CT molecular complexity index is 667. The molecule has 0 radical (unpaired) electrons. The summed E-state index contributed by atoms with van der Waals surface area (Å²) < 4.78 is 31.0. The van der Waals surface area contributed by atoms with Gasteiger partial charge in [-0.2, -0.15) is 5.26 Å². The fourth-order valence-corrected chi connectivity index (χ4v) is 2.86. The number of sulfonamides is 1. The normalized spacial score (nSPS) is 12.5. The van der Waals surface area contributed by atoms with E-state index in [2.05, 4.69) is 0 Å². The van der Waals surface area contributed by atoms with Gasteiger partial charge in [-0.25, -0.2) is 13.1 Å². The Morgan fingerprint density at radius 1 is 1.52 bits per heavy atom. The number of benzene rings is 1. The lowest BCUT2D eigenvalue weighted by Gasteiger charge is -2.12. The number of methoxy groups -OCH3 is 1. The van der Waals surface area contributed by atoms with Gasteiger partial charge in [-0.3, -0.25) is 4.79 Å². The molecule has 0 aliphatic carbocycles. The Morgan fingerprint density at radius 3 is 2.71 bits per heavy atom. The predicted molar refractivity (Wildman–Crippen MR) is 77.2 cm³/mol. The molecule has 0 bridgehead atoms. The third-order valence-electron chi connectivity index (χ3n) is 2.81. The molecule has 0 heterocycles. The molecule has 6 nitrogen and oxygen atoms in total. The Hall–Kier alpha value is -1.62. The third-order valence-corrected chi connectivity index (χ3v) is 4.47. The van der Waals surface area contributed by atoms with E-state index in [1.54, 1.807) is 6.92 Å². The monoisotopic (exact) mass is 330 g/mol. The number of amides is 1.